The van der Waals surface area contributed by atoms with Crippen LogP contribution in [0.5, 0.6) is 5.75 Å². The summed E-state index contributed by atoms with van der Waals surface area (Å²) >= 11 is 1.51. The average Bonchev–Trinajstić information content (AvgIpc) is 3.12. The van der Waals surface area contributed by atoms with Gasteiger partial charge in [0.05, 0.1) is 6.61 Å². The summed E-state index contributed by atoms with van der Waals surface area (Å²) in [5.74, 6) is 0.879. The van der Waals surface area contributed by atoms with Crippen molar-refractivity contribution in [2.45, 2.75) is 25.8 Å². The average molecular weight is 345 g/mol. The molecule has 6 heteroatoms. The number of ether oxygens (including phenoxy) is 1. The van der Waals surface area contributed by atoms with Crippen LogP contribution in [0, 0.1) is 0 Å². The lowest BCUT2D eigenvalue weighted by Crippen LogP contribution is -2.47. The molecule has 2 aromatic rings. The smallest absolute Gasteiger partial charge is 0.273 e. The molecule has 0 spiro atoms. The van der Waals surface area contributed by atoms with Crippen molar-refractivity contribution in [3.63, 3.8) is 0 Å². The first kappa shape index (κ1) is 16.9. The number of nitrogens with one attached hydrogen (secondary N) is 1. The Labute approximate surface area is 146 Å². The SMILES string of the molecule is CCOc1ccc(-c2nc(C(=O)N3CCCC(NC)C3)cs2)cc1. The fraction of sp³-hybridized carbons (Fsp3) is 0.444. The molecule has 3 rings (SSSR count). The zero-order valence-corrected chi connectivity index (χ0v) is 14.9. The van der Waals surface area contributed by atoms with E-state index in [0.29, 0.717) is 18.3 Å². The molecule has 0 aliphatic carbocycles. The molecule has 1 fully saturated rings. The van der Waals surface area contributed by atoms with Gasteiger partial charge in [-0.1, -0.05) is 0 Å². The van der Waals surface area contributed by atoms with Crippen molar-refractivity contribution in [3.8, 4) is 16.3 Å². The first-order valence-electron chi connectivity index (χ1n) is 8.36. The normalized spacial score (nSPS) is 17.8. The second-order valence-electron chi connectivity index (χ2n) is 5.87. The number of likely N-dealkylation sites (N-methyl/N-ethyl adjacent to an activating group) is 1. The van der Waals surface area contributed by atoms with Gasteiger partial charge in [-0.05, 0) is 51.1 Å². The predicted octanol–water partition coefficient (Wildman–Crippen LogP) is 3.03. The van der Waals surface area contributed by atoms with Crippen molar-refractivity contribution in [1.82, 2.24) is 15.2 Å². The first-order valence-corrected chi connectivity index (χ1v) is 9.24. The number of thiazole rings is 1. The van der Waals surface area contributed by atoms with Gasteiger partial charge in [-0.25, -0.2) is 4.98 Å². The van der Waals surface area contributed by atoms with Crippen molar-refractivity contribution in [3.05, 3.63) is 35.3 Å². The zero-order valence-electron chi connectivity index (χ0n) is 14.1. The minimum atomic E-state index is 0.0309. The molecule has 0 bridgehead atoms. The minimum Gasteiger partial charge on any atom is -0.494 e. The van der Waals surface area contributed by atoms with Crippen LogP contribution in [0.4, 0.5) is 0 Å². The fourth-order valence-corrected chi connectivity index (χ4v) is 3.72. The third kappa shape index (κ3) is 3.76. The Hall–Kier alpha value is -1.92. The van der Waals surface area contributed by atoms with Crippen LogP contribution in [0.2, 0.25) is 0 Å². The quantitative estimate of drug-likeness (QED) is 0.905. The molecule has 128 valence electrons. The molecule has 0 radical (unpaired) electrons. The second-order valence-corrected chi connectivity index (χ2v) is 6.73. The highest BCUT2D eigenvalue weighted by atomic mass is 32.1. The standard InChI is InChI=1S/C18H23N3O2S/c1-3-23-15-8-6-13(7-9-15)17-20-16(12-24-17)18(22)21-10-4-5-14(11-21)19-2/h6-9,12,14,19H,3-5,10-11H2,1-2H3. The molecule has 1 amide bonds. The number of hydrogen-bond donors (Lipinski definition) is 1. The summed E-state index contributed by atoms with van der Waals surface area (Å²) in [7, 11) is 1.95. The maximum absolute atomic E-state index is 12.7. The summed E-state index contributed by atoms with van der Waals surface area (Å²) in [5.41, 5.74) is 1.55. The molecule has 1 aromatic carbocycles. The lowest BCUT2D eigenvalue weighted by molar-refractivity contribution is 0.0693. The second kappa shape index (κ2) is 7.77. The van der Waals surface area contributed by atoms with Gasteiger partial charge in [-0.15, -0.1) is 11.3 Å². The number of benzene rings is 1. The molecule has 1 saturated heterocycles. The van der Waals surface area contributed by atoms with Crippen molar-refractivity contribution in [2.75, 3.05) is 26.7 Å². The molecular weight excluding hydrogens is 322 g/mol. The van der Waals surface area contributed by atoms with E-state index in [4.69, 9.17) is 4.74 Å². The molecule has 24 heavy (non-hydrogen) atoms. The Morgan fingerprint density at radius 3 is 2.92 bits per heavy atom. The number of carbonyl (C=O) groups is 1. The number of hydrogen-bond acceptors (Lipinski definition) is 5. The van der Waals surface area contributed by atoms with Gasteiger partial charge in [0, 0.05) is 30.1 Å². The van der Waals surface area contributed by atoms with E-state index >= 15 is 0 Å². The predicted molar refractivity (Wildman–Crippen MR) is 96.7 cm³/mol. The van der Waals surface area contributed by atoms with Gasteiger partial charge < -0.3 is 15.0 Å². The third-order valence-corrected chi connectivity index (χ3v) is 5.14. The largest absolute Gasteiger partial charge is 0.494 e. The number of rotatable bonds is 5. The Morgan fingerprint density at radius 1 is 1.42 bits per heavy atom. The van der Waals surface area contributed by atoms with Crippen LogP contribution in [0.3, 0.4) is 0 Å². The highest BCUT2D eigenvalue weighted by molar-refractivity contribution is 7.13. The molecule has 5 nitrogen and oxygen atoms in total. The summed E-state index contributed by atoms with van der Waals surface area (Å²) in [6.07, 6.45) is 2.15. The lowest BCUT2D eigenvalue weighted by atomic mass is 10.1. The molecule has 1 N–H and O–H groups in total. The van der Waals surface area contributed by atoms with Gasteiger partial charge in [0.1, 0.15) is 16.5 Å². The van der Waals surface area contributed by atoms with Gasteiger partial charge in [0.2, 0.25) is 0 Å². The molecule has 2 heterocycles. The van der Waals surface area contributed by atoms with Gasteiger partial charge in [0.15, 0.2) is 0 Å². The van der Waals surface area contributed by atoms with Gasteiger partial charge in [0.25, 0.3) is 5.91 Å². The first-order chi connectivity index (χ1) is 11.7. The number of piperidine rings is 1. The summed E-state index contributed by atoms with van der Waals surface area (Å²) in [4.78, 5) is 19.1. The summed E-state index contributed by atoms with van der Waals surface area (Å²) < 4.78 is 5.46. The molecule has 1 unspecified atom stereocenters. The van der Waals surface area contributed by atoms with Crippen LogP contribution >= 0.6 is 11.3 Å². The van der Waals surface area contributed by atoms with E-state index in [-0.39, 0.29) is 5.91 Å². The highest BCUT2D eigenvalue weighted by Crippen LogP contribution is 2.26. The lowest BCUT2D eigenvalue weighted by Gasteiger charge is -2.32. The van der Waals surface area contributed by atoms with E-state index in [9.17, 15) is 4.79 Å². The van der Waals surface area contributed by atoms with Crippen molar-refractivity contribution in [2.24, 2.45) is 0 Å². The van der Waals surface area contributed by atoms with Crippen LogP contribution < -0.4 is 10.1 Å². The number of carbonyl (C=O) groups excluding carboxylic acids is 1. The van der Waals surface area contributed by atoms with E-state index in [2.05, 4.69) is 10.3 Å². The van der Waals surface area contributed by atoms with E-state index in [1.54, 1.807) is 0 Å². The van der Waals surface area contributed by atoms with Gasteiger partial charge in [-0.3, -0.25) is 4.79 Å². The van der Waals surface area contributed by atoms with E-state index in [1.165, 1.54) is 11.3 Å². The number of likely N-dealkylation sites (tertiary alicyclic amines) is 1. The third-order valence-electron chi connectivity index (χ3n) is 4.25. The van der Waals surface area contributed by atoms with Crippen molar-refractivity contribution in [1.29, 1.82) is 0 Å². The fourth-order valence-electron chi connectivity index (χ4n) is 2.92. The van der Waals surface area contributed by atoms with E-state index in [0.717, 1.165) is 42.3 Å². The molecule has 1 aromatic heterocycles. The van der Waals surface area contributed by atoms with Crippen molar-refractivity contribution < 1.29 is 9.53 Å². The molecular formula is C18H23N3O2S. The van der Waals surface area contributed by atoms with Crippen LogP contribution in [0.1, 0.15) is 30.3 Å². The van der Waals surface area contributed by atoms with Crippen LogP contribution in [0.25, 0.3) is 10.6 Å². The molecule has 0 saturated carbocycles. The summed E-state index contributed by atoms with van der Waals surface area (Å²) in [5, 5.41) is 5.99. The number of amides is 1. The van der Waals surface area contributed by atoms with Crippen LogP contribution in [0.15, 0.2) is 29.6 Å². The van der Waals surface area contributed by atoms with Gasteiger partial charge in [-0.2, -0.15) is 0 Å². The maximum Gasteiger partial charge on any atom is 0.273 e. The zero-order chi connectivity index (χ0) is 16.9. The van der Waals surface area contributed by atoms with Crippen LogP contribution in [-0.4, -0.2) is 48.6 Å². The Kier molecular flexibility index (Phi) is 5.48. The monoisotopic (exact) mass is 345 g/mol. The number of nitrogens with zero attached hydrogens (tertiary/aromatic N) is 2. The Balaban J connectivity index is 1.71. The van der Waals surface area contributed by atoms with Crippen LogP contribution in [-0.2, 0) is 0 Å². The highest BCUT2D eigenvalue weighted by Gasteiger charge is 2.25. The molecule has 1 atom stereocenters. The molecule has 1 aliphatic heterocycles. The van der Waals surface area contributed by atoms with E-state index < -0.39 is 0 Å². The Bertz CT molecular complexity index is 684. The number of aromatic nitrogens is 1. The molecule has 1 aliphatic rings. The maximum atomic E-state index is 12.7. The van der Waals surface area contributed by atoms with Crippen molar-refractivity contribution >= 4 is 17.2 Å². The summed E-state index contributed by atoms with van der Waals surface area (Å²) in [6.45, 7) is 4.18. The Morgan fingerprint density at radius 2 is 2.21 bits per heavy atom. The topological polar surface area (TPSA) is 54.5 Å². The minimum absolute atomic E-state index is 0.0309. The van der Waals surface area contributed by atoms with Gasteiger partial charge >= 0.3 is 0 Å². The summed E-state index contributed by atoms with van der Waals surface area (Å²) in [6, 6.07) is 8.21. The van der Waals surface area contributed by atoms with E-state index in [1.807, 2.05) is 48.5 Å².